The fourth-order valence-corrected chi connectivity index (χ4v) is 3.49. The zero-order valence-corrected chi connectivity index (χ0v) is 12.5. The van der Waals surface area contributed by atoms with Crippen LogP contribution in [0.15, 0.2) is 6.33 Å². The van der Waals surface area contributed by atoms with Gasteiger partial charge in [-0.05, 0) is 23.3 Å². The van der Waals surface area contributed by atoms with Crippen LogP contribution in [0.4, 0.5) is 0 Å². The Kier molecular flexibility index (Phi) is 4.37. The van der Waals surface area contributed by atoms with Gasteiger partial charge in [-0.1, -0.05) is 0 Å². The first-order valence-corrected chi connectivity index (χ1v) is 7.64. The Morgan fingerprint density at radius 1 is 1.45 bits per heavy atom. The van der Waals surface area contributed by atoms with Crippen LogP contribution in [0.2, 0.25) is 0 Å². The fraction of sp³-hybridized carbons (Fsp3) is 0.846. The second-order valence-corrected chi connectivity index (χ2v) is 6.02. The molecule has 3 rings (SSSR count). The van der Waals surface area contributed by atoms with Crippen molar-refractivity contribution >= 4 is 5.91 Å². The minimum atomic E-state index is -0.341. The third-order valence-electron chi connectivity index (χ3n) is 4.91. The van der Waals surface area contributed by atoms with Crippen LogP contribution in [0.1, 0.15) is 19.3 Å². The SMILES string of the molecule is NCCO[C@@H]1C[C@H](O)C12CCN(C(=O)Cn1cnnn1)CC2. The molecule has 1 aromatic heterocycles. The topological polar surface area (TPSA) is 119 Å². The molecule has 122 valence electrons. The first-order valence-electron chi connectivity index (χ1n) is 7.64. The van der Waals surface area contributed by atoms with Crippen LogP contribution in [0.3, 0.4) is 0 Å². The summed E-state index contributed by atoms with van der Waals surface area (Å²) in [5.41, 5.74) is 5.27. The minimum absolute atomic E-state index is 0.00427. The number of rotatable bonds is 5. The third kappa shape index (κ3) is 2.71. The van der Waals surface area contributed by atoms with E-state index in [0.717, 1.165) is 12.8 Å². The van der Waals surface area contributed by atoms with Gasteiger partial charge in [-0.15, -0.1) is 5.10 Å². The molecule has 2 aliphatic rings. The van der Waals surface area contributed by atoms with Gasteiger partial charge in [0.25, 0.3) is 0 Å². The maximum absolute atomic E-state index is 12.2. The molecular formula is C13H22N6O3. The fourth-order valence-electron chi connectivity index (χ4n) is 3.49. The molecule has 0 bridgehead atoms. The summed E-state index contributed by atoms with van der Waals surface area (Å²) >= 11 is 0. The van der Waals surface area contributed by atoms with E-state index in [1.165, 1.54) is 11.0 Å². The number of hydrogen-bond donors (Lipinski definition) is 2. The molecule has 1 saturated carbocycles. The third-order valence-corrected chi connectivity index (χ3v) is 4.91. The predicted octanol–water partition coefficient (Wildman–Crippen LogP) is -1.61. The van der Waals surface area contributed by atoms with Gasteiger partial charge < -0.3 is 20.5 Å². The highest BCUT2D eigenvalue weighted by Crippen LogP contribution is 2.50. The predicted molar refractivity (Wildman–Crippen MR) is 75.5 cm³/mol. The number of carbonyl (C=O) groups is 1. The van der Waals surface area contributed by atoms with Gasteiger partial charge in [0.05, 0.1) is 18.8 Å². The van der Waals surface area contributed by atoms with E-state index in [0.29, 0.717) is 32.7 Å². The maximum atomic E-state index is 12.2. The molecule has 0 radical (unpaired) electrons. The summed E-state index contributed by atoms with van der Waals surface area (Å²) in [4.78, 5) is 14.0. The van der Waals surface area contributed by atoms with Crippen LogP contribution >= 0.6 is 0 Å². The van der Waals surface area contributed by atoms with E-state index in [1.807, 2.05) is 0 Å². The molecule has 3 N–H and O–H groups in total. The number of hydrogen-bond acceptors (Lipinski definition) is 7. The van der Waals surface area contributed by atoms with Crippen molar-refractivity contribution in [3.8, 4) is 0 Å². The van der Waals surface area contributed by atoms with Crippen molar-refractivity contribution in [2.75, 3.05) is 26.2 Å². The summed E-state index contributed by atoms with van der Waals surface area (Å²) in [5.74, 6) is -0.00427. The Hall–Kier alpha value is -1.58. The lowest BCUT2D eigenvalue weighted by molar-refractivity contribution is -0.210. The Labute approximate surface area is 128 Å². The number of carbonyl (C=O) groups excluding carboxylic acids is 1. The highest BCUT2D eigenvalue weighted by Gasteiger charge is 2.56. The van der Waals surface area contributed by atoms with Crippen molar-refractivity contribution in [1.82, 2.24) is 25.1 Å². The smallest absolute Gasteiger partial charge is 0.244 e. The van der Waals surface area contributed by atoms with Crippen molar-refractivity contribution in [3.05, 3.63) is 6.33 Å². The van der Waals surface area contributed by atoms with Crippen LogP contribution in [0.5, 0.6) is 0 Å². The van der Waals surface area contributed by atoms with E-state index < -0.39 is 0 Å². The monoisotopic (exact) mass is 310 g/mol. The summed E-state index contributed by atoms with van der Waals surface area (Å²) in [7, 11) is 0. The molecule has 2 fully saturated rings. The molecule has 1 aliphatic carbocycles. The quantitative estimate of drug-likeness (QED) is 0.671. The molecule has 1 spiro atoms. The average Bonchev–Trinajstić information content (AvgIpc) is 3.04. The number of aliphatic hydroxyl groups is 1. The number of piperidine rings is 1. The van der Waals surface area contributed by atoms with Crippen LogP contribution in [0, 0.1) is 5.41 Å². The Balaban J connectivity index is 1.54. The number of ether oxygens (including phenoxy) is 1. The number of aliphatic hydroxyl groups excluding tert-OH is 1. The first kappa shape index (κ1) is 15.3. The highest BCUT2D eigenvalue weighted by molar-refractivity contribution is 5.76. The molecule has 0 unspecified atom stereocenters. The Morgan fingerprint density at radius 2 is 2.23 bits per heavy atom. The largest absolute Gasteiger partial charge is 0.392 e. The lowest BCUT2D eigenvalue weighted by atomic mass is 9.58. The normalized spacial score (nSPS) is 26.9. The zero-order chi connectivity index (χ0) is 15.6. The lowest BCUT2D eigenvalue weighted by Crippen LogP contribution is -2.63. The molecule has 1 aliphatic heterocycles. The molecule has 22 heavy (non-hydrogen) atoms. The van der Waals surface area contributed by atoms with Crippen molar-refractivity contribution in [2.45, 2.75) is 38.0 Å². The maximum Gasteiger partial charge on any atom is 0.244 e. The van der Waals surface area contributed by atoms with Crippen LogP contribution in [0.25, 0.3) is 0 Å². The van der Waals surface area contributed by atoms with Gasteiger partial charge >= 0.3 is 0 Å². The van der Waals surface area contributed by atoms with Crippen molar-refractivity contribution < 1.29 is 14.6 Å². The van der Waals surface area contributed by atoms with E-state index in [2.05, 4.69) is 15.5 Å². The van der Waals surface area contributed by atoms with Crippen LogP contribution < -0.4 is 5.73 Å². The highest BCUT2D eigenvalue weighted by atomic mass is 16.5. The summed E-state index contributed by atoms with van der Waals surface area (Å²) in [6.45, 7) is 2.40. The van der Waals surface area contributed by atoms with Crippen LogP contribution in [-0.2, 0) is 16.1 Å². The molecule has 0 aromatic carbocycles. The average molecular weight is 310 g/mol. The molecule has 2 heterocycles. The van der Waals surface area contributed by atoms with Crippen molar-refractivity contribution in [3.63, 3.8) is 0 Å². The van der Waals surface area contributed by atoms with Crippen molar-refractivity contribution in [2.24, 2.45) is 11.1 Å². The van der Waals surface area contributed by atoms with Gasteiger partial charge in [-0.25, -0.2) is 4.68 Å². The van der Waals surface area contributed by atoms with Gasteiger partial charge in [0, 0.05) is 31.5 Å². The minimum Gasteiger partial charge on any atom is -0.392 e. The second-order valence-electron chi connectivity index (χ2n) is 6.02. The number of tetrazole rings is 1. The molecular weight excluding hydrogens is 288 g/mol. The molecule has 9 heteroatoms. The number of nitrogens with two attached hydrogens (primary N) is 1. The van der Waals surface area contributed by atoms with E-state index in [1.54, 1.807) is 4.90 Å². The summed E-state index contributed by atoms with van der Waals surface area (Å²) in [5, 5.41) is 20.9. The van der Waals surface area contributed by atoms with E-state index in [4.69, 9.17) is 10.5 Å². The molecule has 9 nitrogen and oxygen atoms in total. The summed E-state index contributed by atoms with van der Waals surface area (Å²) in [6.07, 6.45) is 3.32. The van der Waals surface area contributed by atoms with Crippen molar-refractivity contribution in [1.29, 1.82) is 0 Å². The number of amides is 1. The Morgan fingerprint density at radius 3 is 2.82 bits per heavy atom. The first-order chi connectivity index (χ1) is 10.7. The van der Waals surface area contributed by atoms with Gasteiger partial charge in [-0.3, -0.25) is 4.79 Å². The number of nitrogens with zero attached hydrogens (tertiary/aromatic N) is 5. The van der Waals surface area contributed by atoms with E-state index in [-0.39, 0.29) is 30.1 Å². The standard InChI is InChI=1S/C13H22N6O3/c14-3-6-22-11-7-10(20)13(11)1-4-18(5-2-13)12(21)8-19-9-15-16-17-19/h9-11,20H,1-8,14H2/t10-,11+/m0/s1. The lowest BCUT2D eigenvalue weighted by Gasteiger charge is -2.56. The van der Waals surface area contributed by atoms with Crippen LogP contribution in [-0.4, -0.2) is 74.6 Å². The summed E-state index contributed by atoms with van der Waals surface area (Å²) < 4.78 is 7.17. The van der Waals surface area contributed by atoms with Gasteiger partial charge in [-0.2, -0.15) is 0 Å². The molecule has 2 atom stereocenters. The molecule has 1 saturated heterocycles. The zero-order valence-electron chi connectivity index (χ0n) is 12.5. The Bertz CT molecular complexity index is 500. The number of likely N-dealkylation sites (tertiary alicyclic amines) is 1. The van der Waals surface area contributed by atoms with Gasteiger partial charge in [0.1, 0.15) is 12.9 Å². The summed E-state index contributed by atoms with van der Waals surface area (Å²) in [6, 6.07) is 0. The van der Waals surface area contributed by atoms with Gasteiger partial charge in [0.15, 0.2) is 0 Å². The molecule has 1 amide bonds. The molecule has 1 aromatic rings. The number of aromatic nitrogens is 4. The van der Waals surface area contributed by atoms with Gasteiger partial charge in [0.2, 0.25) is 5.91 Å². The second kappa shape index (κ2) is 6.27. The van der Waals surface area contributed by atoms with E-state index >= 15 is 0 Å². The van der Waals surface area contributed by atoms with E-state index in [9.17, 15) is 9.90 Å².